The fourth-order valence-corrected chi connectivity index (χ4v) is 2.32. The average molecular weight is 312 g/mol. The summed E-state index contributed by atoms with van der Waals surface area (Å²) in [6.45, 7) is 4.64. The number of nitrogens with one attached hydrogen (secondary N) is 1. The topological polar surface area (TPSA) is 82.0 Å². The summed E-state index contributed by atoms with van der Waals surface area (Å²) in [5, 5.41) is 15.8. The number of methoxy groups -OCH3 is 1. The van der Waals surface area contributed by atoms with Gasteiger partial charge < -0.3 is 9.64 Å². The summed E-state index contributed by atoms with van der Waals surface area (Å²) in [6, 6.07) is 9.57. The molecule has 0 aliphatic rings. The molecule has 1 aromatic heterocycles. The van der Waals surface area contributed by atoms with Crippen LogP contribution in [-0.2, 0) is 0 Å². The first-order valence-corrected chi connectivity index (χ1v) is 7.47. The second-order valence-electron chi connectivity index (χ2n) is 5.26. The first kappa shape index (κ1) is 16.6. The number of hydrogen-bond acceptors (Lipinski definition) is 4. The van der Waals surface area contributed by atoms with Gasteiger partial charge in [-0.3, -0.25) is 9.89 Å². The highest BCUT2D eigenvalue weighted by atomic mass is 16.5. The van der Waals surface area contributed by atoms with E-state index in [2.05, 4.69) is 16.3 Å². The molecule has 1 N–H and O–H groups in total. The molecule has 0 spiro atoms. The van der Waals surface area contributed by atoms with Gasteiger partial charge in [-0.05, 0) is 38.1 Å². The van der Waals surface area contributed by atoms with Crippen molar-refractivity contribution in [1.82, 2.24) is 15.1 Å². The highest BCUT2D eigenvalue weighted by Gasteiger charge is 2.21. The molecule has 0 aliphatic heterocycles. The van der Waals surface area contributed by atoms with E-state index >= 15 is 0 Å². The highest BCUT2D eigenvalue weighted by molar-refractivity contribution is 5.99. The molecular formula is C17H20N4O2. The van der Waals surface area contributed by atoms with Crippen molar-refractivity contribution in [1.29, 1.82) is 5.26 Å². The van der Waals surface area contributed by atoms with E-state index in [1.807, 2.05) is 31.2 Å². The molecule has 6 heteroatoms. The molecule has 1 amide bonds. The molecule has 0 aliphatic carbocycles. The molecule has 0 saturated carbocycles. The van der Waals surface area contributed by atoms with E-state index in [4.69, 9.17) is 10.00 Å². The van der Waals surface area contributed by atoms with Gasteiger partial charge in [0.05, 0.1) is 36.6 Å². The lowest BCUT2D eigenvalue weighted by atomic mass is 10.1. The van der Waals surface area contributed by atoms with Gasteiger partial charge in [-0.15, -0.1) is 0 Å². The Labute approximate surface area is 135 Å². The van der Waals surface area contributed by atoms with Gasteiger partial charge in [-0.1, -0.05) is 0 Å². The van der Waals surface area contributed by atoms with E-state index < -0.39 is 0 Å². The predicted octanol–water partition coefficient (Wildman–Crippen LogP) is 2.71. The maximum absolute atomic E-state index is 12.7. The molecular weight excluding hydrogens is 292 g/mol. The number of aromatic nitrogens is 2. The van der Waals surface area contributed by atoms with Crippen LogP contribution in [0.1, 0.15) is 24.2 Å². The van der Waals surface area contributed by atoms with Crippen LogP contribution in [0.3, 0.4) is 0 Å². The minimum atomic E-state index is -0.213. The lowest BCUT2D eigenvalue weighted by Gasteiger charge is -2.21. The van der Waals surface area contributed by atoms with Crippen LogP contribution in [0.5, 0.6) is 5.75 Å². The van der Waals surface area contributed by atoms with E-state index in [1.54, 1.807) is 18.9 Å². The fraction of sp³-hybridized carbons (Fsp3) is 0.353. The minimum absolute atomic E-state index is 0.130. The van der Waals surface area contributed by atoms with Crippen molar-refractivity contribution in [2.24, 2.45) is 5.92 Å². The van der Waals surface area contributed by atoms with E-state index in [0.29, 0.717) is 24.3 Å². The first-order valence-electron chi connectivity index (χ1n) is 7.47. The summed E-state index contributed by atoms with van der Waals surface area (Å²) in [4.78, 5) is 14.4. The van der Waals surface area contributed by atoms with Gasteiger partial charge in [0.25, 0.3) is 5.91 Å². The molecule has 1 heterocycles. The zero-order chi connectivity index (χ0) is 16.8. The van der Waals surface area contributed by atoms with Crippen molar-refractivity contribution in [3.63, 3.8) is 0 Å². The zero-order valence-corrected chi connectivity index (χ0v) is 13.5. The Morgan fingerprint density at radius 2 is 2.13 bits per heavy atom. The molecule has 0 saturated heterocycles. The smallest absolute Gasteiger partial charge is 0.257 e. The highest BCUT2D eigenvalue weighted by Crippen LogP contribution is 2.24. The number of ether oxygens (including phenoxy) is 1. The second kappa shape index (κ2) is 7.45. The average Bonchev–Trinajstić information content (AvgIpc) is 3.08. The Morgan fingerprint density at radius 1 is 1.43 bits per heavy atom. The Hall–Kier alpha value is -2.81. The molecule has 120 valence electrons. The van der Waals surface area contributed by atoms with E-state index in [-0.39, 0.29) is 11.8 Å². The van der Waals surface area contributed by atoms with Crippen molar-refractivity contribution in [2.45, 2.75) is 13.8 Å². The molecule has 2 rings (SSSR count). The van der Waals surface area contributed by atoms with Crippen LogP contribution in [0.4, 0.5) is 0 Å². The van der Waals surface area contributed by atoms with Gasteiger partial charge in [0.1, 0.15) is 5.75 Å². The number of benzene rings is 1. The molecule has 6 nitrogen and oxygen atoms in total. The van der Waals surface area contributed by atoms with Gasteiger partial charge in [0, 0.05) is 18.7 Å². The SMILES string of the molecule is CCN(C[C@H](C)C#N)C(=O)c1cn[nH]c1-c1ccc(OC)cc1. The lowest BCUT2D eigenvalue weighted by molar-refractivity contribution is 0.0753. The van der Waals surface area contributed by atoms with Crippen molar-refractivity contribution < 1.29 is 9.53 Å². The van der Waals surface area contributed by atoms with Crippen molar-refractivity contribution in [2.75, 3.05) is 20.2 Å². The summed E-state index contributed by atoms with van der Waals surface area (Å²) < 4.78 is 5.14. The number of nitrogens with zero attached hydrogens (tertiary/aromatic N) is 3. The number of rotatable bonds is 6. The third-order valence-corrected chi connectivity index (χ3v) is 3.63. The summed E-state index contributed by atoms with van der Waals surface area (Å²) in [5.41, 5.74) is 2.03. The molecule has 1 aromatic carbocycles. The van der Waals surface area contributed by atoms with Gasteiger partial charge in [0.2, 0.25) is 0 Å². The van der Waals surface area contributed by atoms with Crippen LogP contribution >= 0.6 is 0 Å². The maximum Gasteiger partial charge on any atom is 0.257 e. The Bertz CT molecular complexity index is 700. The van der Waals surface area contributed by atoms with Crippen LogP contribution in [0, 0.1) is 17.2 Å². The van der Waals surface area contributed by atoms with Crippen molar-refractivity contribution >= 4 is 5.91 Å². The zero-order valence-electron chi connectivity index (χ0n) is 13.5. The normalized spacial score (nSPS) is 11.6. The number of carbonyl (C=O) groups excluding carboxylic acids is 1. The summed E-state index contributed by atoms with van der Waals surface area (Å²) in [6.07, 6.45) is 1.53. The third kappa shape index (κ3) is 3.69. The number of aromatic amines is 1. The monoisotopic (exact) mass is 312 g/mol. The van der Waals surface area contributed by atoms with Crippen LogP contribution in [0.2, 0.25) is 0 Å². The van der Waals surface area contributed by atoms with Crippen LogP contribution in [0.25, 0.3) is 11.3 Å². The second-order valence-corrected chi connectivity index (χ2v) is 5.26. The summed E-state index contributed by atoms with van der Waals surface area (Å²) >= 11 is 0. The predicted molar refractivity (Wildman–Crippen MR) is 86.9 cm³/mol. The number of carbonyl (C=O) groups is 1. The van der Waals surface area contributed by atoms with Gasteiger partial charge in [-0.25, -0.2) is 0 Å². The molecule has 2 aromatic rings. The summed E-state index contributed by atoms with van der Waals surface area (Å²) in [5.74, 6) is 0.406. The number of nitriles is 1. The Balaban J connectivity index is 2.28. The number of amides is 1. The van der Waals surface area contributed by atoms with Crippen LogP contribution < -0.4 is 4.74 Å². The molecule has 0 radical (unpaired) electrons. The largest absolute Gasteiger partial charge is 0.497 e. The Morgan fingerprint density at radius 3 is 2.70 bits per heavy atom. The Kier molecular flexibility index (Phi) is 5.36. The molecule has 0 fully saturated rings. The molecule has 0 bridgehead atoms. The molecule has 1 atom stereocenters. The van der Waals surface area contributed by atoms with Crippen LogP contribution in [0.15, 0.2) is 30.5 Å². The van der Waals surface area contributed by atoms with Crippen molar-refractivity contribution in [3.8, 4) is 23.1 Å². The first-order chi connectivity index (χ1) is 11.1. The van der Waals surface area contributed by atoms with Gasteiger partial charge in [-0.2, -0.15) is 10.4 Å². The fourth-order valence-electron chi connectivity index (χ4n) is 2.32. The molecule has 23 heavy (non-hydrogen) atoms. The molecule has 0 unspecified atom stereocenters. The third-order valence-electron chi connectivity index (χ3n) is 3.63. The number of hydrogen-bond donors (Lipinski definition) is 1. The van der Waals surface area contributed by atoms with Gasteiger partial charge in [0.15, 0.2) is 0 Å². The lowest BCUT2D eigenvalue weighted by Crippen LogP contribution is -2.34. The standard InChI is InChI=1S/C17H20N4O2/c1-4-21(11-12(2)9-18)17(22)15-10-19-20-16(15)13-5-7-14(23-3)8-6-13/h5-8,10,12H,4,11H2,1-3H3,(H,19,20)/t12-/m1/s1. The van der Waals surface area contributed by atoms with E-state index in [0.717, 1.165) is 11.3 Å². The van der Waals surface area contributed by atoms with Crippen molar-refractivity contribution in [3.05, 3.63) is 36.0 Å². The quantitative estimate of drug-likeness (QED) is 0.889. The maximum atomic E-state index is 12.7. The van der Waals surface area contributed by atoms with E-state index in [1.165, 1.54) is 6.20 Å². The summed E-state index contributed by atoms with van der Waals surface area (Å²) in [7, 11) is 1.61. The number of H-pyrrole nitrogens is 1. The van der Waals surface area contributed by atoms with Gasteiger partial charge >= 0.3 is 0 Å². The van der Waals surface area contributed by atoms with E-state index in [9.17, 15) is 4.79 Å². The minimum Gasteiger partial charge on any atom is -0.497 e. The van der Waals surface area contributed by atoms with Crippen LogP contribution in [-0.4, -0.2) is 41.2 Å².